The minimum atomic E-state index is -0.682. The molecule has 0 aliphatic heterocycles. The van der Waals surface area contributed by atoms with Crippen molar-refractivity contribution in [3.05, 3.63) is 51.4 Å². The molecule has 0 radical (unpaired) electrons. The summed E-state index contributed by atoms with van der Waals surface area (Å²) in [5, 5.41) is 3.53. The van der Waals surface area contributed by atoms with Crippen LogP contribution in [0.1, 0.15) is 36.2 Å². The summed E-state index contributed by atoms with van der Waals surface area (Å²) in [7, 11) is 1.55. The number of aromatic nitrogens is 2. The highest BCUT2D eigenvalue weighted by atomic mass is 32.1. The van der Waals surface area contributed by atoms with Gasteiger partial charge in [0.1, 0.15) is 16.6 Å². The fraction of sp³-hybridized carbons (Fsp3) is 0.350. The Hall–Kier alpha value is -2.67. The van der Waals surface area contributed by atoms with Crippen LogP contribution in [0.4, 0.5) is 5.69 Å². The van der Waals surface area contributed by atoms with Crippen LogP contribution < -0.4 is 15.6 Å². The predicted octanol–water partition coefficient (Wildman–Crippen LogP) is 3.55. The van der Waals surface area contributed by atoms with Crippen molar-refractivity contribution >= 4 is 33.1 Å². The predicted molar refractivity (Wildman–Crippen MR) is 107 cm³/mol. The minimum Gasteiger partial charge on any atom is -0.495 e. The number of nitrogens with zero attached hydrogens (tertiary/aromatic N) is 2. The number of anilines is 1. The summed E-state index contributed by atoms with van der Waals surface area (Å²) in [5.74, 6) is 0.290. The van der Waals surface area contributed by atoms with Gasteiger partial charge in [-0.05, 0) is 50.3 Å². The van der Waals surface area contributed by atoms with E-state index in [1.165, 1.54) is 15.8 Å². The number of ether oxygens (including phenoxy) is 1. The van der Waals surface area contributed by atoms with Gasteiger partial charge in [0.2, 0.25) is 5.91 Å². The number of amides is 1. The third kappa shape index (κ3) is 3.12. The Morgan fingerprint density at radius 1 is 1.30 bits per heavy atom. The van der Waals surface area contributed by atoms with Crippen molar-refractivity contribution in [2.24, 2.45) is 0 Å². The van der Waals surface area contributed by atoms with Crippen LogP contribution in [0.25, 0.3) is 10.2 Å². The van der Waals surface area contributed by atoms with Crippen molar-refractivity contribution in [3.8, 4) is 5.75 Å². The summed E-state index contributed by atoms with van der Waals surface area (Å²) in [4.78, 5) is 32.4. The van der Waals surface area contributed by atoms with Crippen LogP contribution >= 0.6 is 11.3 Å². The van der Waals surface area contributed by atoms with E-state index in [1.54, 1.807) is 37.5 Å². The number of rotatable bonds is 4. The first-order valence-electron chi connectivity index (χ1n) is 9.05. The highest BCUT2D eigenvalue weighted by molar-refractivity contribution is 7.18. The summed E-state index contributed by atoms with van der Waals surface area (Å²) in [5.41, 5.74) is 1.57. The molecule has 1 aliphatic rings. The Bertz CT molecular complexity index is 1070. The molecule has 1 aliphatic carbocycles. The van der Waals surface area contributed by atoms with E-state index in [0.717, 1.165) is 36.1 Å². The Morgan fingerprint density at radius 3 is 2.89 bits per heavy atom. The van der Waals surface area contributed by atoms with Gasteiger partial charge in [0.25, 0.3) is 5.56 Å². The monoisotopic (exact) mass is 383 g/mol. The standard InChI is InChI=1S/C20H21N3O3S/c1-12(18(24)22-14-8-4-5-9-15(14)26-2)23-11-21-19-17(20(23)25)13-7-3-6-10-16(13)27-19/h4-5,8-9,11-12H,3,6-7,10H2,1-2H3,(H,22,24). The molecule has 3 aromatic rings. The van der Waals surface area contributed by atoms with Crippen molar-refractivity contribution in [2.75, 3.05) is 12.4 Å². The highest BCUT2D eigenvalue weighted by Gasteiger charge is 2.23. The second-order valence-electron chi connectivity index (χ2n) is 6.71. The molecule has 4 rings (SSSR count). The van der Waals surface area contributed by atoms with Gasteiger partial charge < -0.3 is 10.1 Å². The van der Waals surface area contributed by atoms with E-state index in [-0.39, 0.29) is 11.5 Å². The van der Waals surface area contributed by atoms with Gasteiger partial charge in [-0.2, -0.15) is 0 Å². The van der Waals surface area contributed by atoms with Crippen molar-refractivity contribution in [1.82, 2.24) is 9.55 Å². The molecule has 1 atom stereocenters. The van der Waals surface area contributed by atoms with Crippen molar-refractivity contribution in [1.29, 1.82) is 0 Å². The molecular weight excluding hydrogens is 362 g/mol. The Balaban J connectivity index is 1.68. The number of methoxy groups -OCH3 is 1. The van der Waals surface area contributed by atoms with Gasteiger partial charge in [-0.1, -0.05) is 12.1 Å². The van der Waals surface area contributed by atoms with Gasteiger partial charge in [0.05, 0.1) is 24.5 Å². The average molecular weight is 383 g/mol. The molecule has 2 aromatic heterocycles. The zero-order chi connectivity index (χ0) is 19.0. The number of benzene rings is 1. The molecule has 0 fully saturated rings. The zero-order valence-electron chi connectivity index (χ0n) is 15.3. The lowest BCUT2D eigenvalue weighted by molar-refractivity contribution is -0.118. The van der Waals surface area contributed by atoms with Gasteiger partial charge in [-0.15, -0.1) is 11.3 Å². The summed E-state index contributed by atoms with van der Waals surface area (Å²) in [6.45, 7) is 1.71. The fourth-order valence-electron chi connectivity index (χ4n) is 3.55. The first-order valence-corrected chi connectivity index (χ1v) is 9.87. The lowest BCUT2D eigenvalue weighted by Crippen LogP contribution is -2.32. The molecule has 7 heteroatoms. The normalized spacial score (nSPS) is 14.6. The molecule has 0 saturated heterocycles. The summed E-state index contributed by atoms with van der Waals surface area (Å²) in [6.07, 6.45) is 5.67. The Labute approximate surface area is 160 Å². The van der Waals surface area contributed by atoms with Crippen molar-refractivity contribution < 1.29 is 9.53 Å². The summed E-state index contributed by atoms with van der Waals surface area (Å²) >= 11 is 1.61. The van der Waals surface area contributed by atoms with E-state index < -0.39 is 6.04 Å². The molecule has 0 saturated carbocycles. The van der Waals surface area contributed by atoms with Crippen LogP contribution in [0, 0.1) is 0 Å². The van der Waals surface area contributed by atoms with Gasteiger partial charge in [0, 0.05) is 4.88 Å². The maximum atomic E-state index is 13.1. The molecule has 1 amide bonds. The van der Waals surface area contributed by atoms with Crippen LogP contribution in [0.5, 0.6) is 5.75 Å². The lowest BCUT2D eigenvalue weighted by atomic mass is 9.97. The lowest BCUT2D eigenvalue weighted by Gasteiger charge is -2.16. The number of para-hydroxylation sites is 2. The molecule has 1 N–H and O–H groups in total. The smallest absolute Gasteiger partial charge is 0.263 e. The minimum absolute atomic E-state index is 0.137. The van der Waals surface area contributed by atoms with Crippen molar-refractivity contribution in [3.63, 3.8) is 0 Å². The topological polar surface area (TPSA) is 73.2 Å². The second-order valence-corrected chi connectivity index (χ2v) is 7.80. The zero-order valence-corrected chi connectivity index (χ0v) is 16.1. The van der Waals surface area contributed by atoms with Crippen LogP contribution in [0.15, 0.2) is 35.4 Å². The van der Waals surface area contributed by atoms with Gasteiger partial charge in [0.15, 0.2) is 0 Å². The first kappa shape index (κ1) is 17.7. The number of hydrogen-bond donors (Lipinski definition) is 1. The molecule has 0 spiro atoms. The number of hydrogen-bond acceptors (Lipinski definition) is 5. The average Bonchev–Trinajstić information content (AvgIpc) is 3.07. The number of nitrogens with one attached hydrogen (secondary N) is 1. The SMILES string of the molecule is COc1ccccc1NC(=O)C(C)n1cnc2sc3c(c2c1=O)CCCC3. The van der Waals surface area contributed by atoms with Crippen LogP contribution in [0.2, 0.25) is 0 Å². The quantitative estimate of drug-likeness (QED) is 0.748. The Kier molecular flexibility index (Phi) is 4.70. The van der Waals surface area contributed by atoms with Gasteiger partial charge in [-0.25, -0.2) is 4.98 Å². The van der Waals surface area contributed by atoms with E-state index in [0.29, 0.717) is 16.8 Å². The fourth-order valence-corrected chi connectivity index (χ4v) is 4.77. The number of fused-ring (bicyclic) bond motifs is 3. The van der Waals surface area contributed by atoms with E-state index >= 15 is 0 Å². The number of thiophene rings is 1. The van der Waals surface area contributed by atoms with E-state index in [2.05, 4.69) is 10.3 Å². The van der Waals surface area contributed by atoms with Crippen LogP contribution in [-0.4, -0.2) is 22.6 Å². The molecular formula is C20H21N3O3S. The molecule has 1 unspecified atom stereocenters. The molecule has 2 heterocycles. The third-order valence-corrected chi connectivity index (χ3v) is 6.26. The van der Waals surface area contributed by atoms with E-state index in [1.807, 2.05) is 12.1 Å². The first-order chi connectivity index (χ1) is 13.1. The maximum Gasteiger partial charge on any atom is 0.263 e. The number of carbonyl (C=O) groups is 1. The largest absolute Gasteiger partial charge is 0.495 e. The molecule has 6 nitrogen and oxygen atoms in total. The van der Waals surface area contributed by atoms with Gasteiger partial charge in [-0.3, -0.25) is 14.2 Å². The summed E-state index contributed by atoms with van der Waals surface area (Å²) < 4.78 is 6.70. The number of carbonyl (C=O) groups excluding carboxylic acids is 1. The second kappa shape index (κ2) is 7.15. The van der Waals surface area contributed by atoms with Crippen LogP contribution in [0.3, 0.4) is 0 Å². The molecule has 27 heavy (non-hydrogen) atoms. The number of aryl methyl sites for hydroxylation is 2. The van der Waals surface area contributed by atoms with Crippen molar-refractivity contribution in [2.45, 2.75) is 38.6 Å². The summed E-state index contributed by atoms with van der Waals surface area (Å²) in [6, 6.07) is 6.51. The third-order valence-electron chi connectivity index (χ3n) is 5.06. The van der Waals surface area contributed by atoms with Crippen LogP contribution in [-0.2, 0) is 17.6 Å². The molecule has 1 aromatic carbocycles. The van der Waals surface area contributed by atoms with Gasteiger partial charge >= 0.3 is 0 Å². The molecule has 0 bridgehead atoms. The maximum absolute atomic E-state index is 13.1. The van der Waals surface area contributed by atoms with E-state index in [9.17, 15) is 9.59 Å². The Morgan fingerprint density at radius 2 is 2.07 bits per heavy atom. The van der Waals surface area contributed by atoms with E-state index in [4.69, 9.17) is 4.74 Å². The molecule has 140 valence electrons. The highest BCUT2D eigenvalue weighted by Crippen LogP contribution is 2.33.